The Morgan fingerprint density at radius 3 is 2.75 bits per heavy atom. The first-order valence-electron chi connectivity index (χ1n) is 8.10. The van der Waals surface area contributed by atoms with Gasteiger partial charge in [0, 0.05) is 37.1 Å². The molecule has 2 aromatic rings. The van der Waals surface area contributed by atoms with Gasteiger partial charge >= 0.3 is 11.8 Å². The van der Waals surface area contributed by atoms with E-state index in [9.17, 15) is 9.59 Å². The van der Waals surface area contributed by atoms with Crippen LogP contribution >= 0.6 is 0 Å². The second kappa shape index (κ2) is 6.82. The highest BCUT2D eigenvalue weighted by atomic mass is 16.2. The lowest BCUT2D eigenvalue weighted by Gasteiger charge is -2.22. The molecule has 2 heterocycles. The van der Waals surface area contributed by atoms with Gasteiger partial charge in [0.05, 0.1) is 6.20 Å². The molecule has 1 aliphatic rings. The first-order chi connectivity index (χ1) is 11.6. The van der Waals surface area contributed by atoms with E-state index in [2.05, 4.69) is 15.4 Å². The summed E-state index contributed by atoms with van der Waals surface area (Å²) in [7, 11) is 0. The topological polar surface area (TPSA) is 80.1 Å². The van der Waals surface area contributed by atoms with Crippen molar-refractivity contribution < 1.29 is 9.59 Å². The molecule has 0 radical (unpaired) electrons. The molecule has 126 valence electrons. The van der Waals surface area contributed by atoms with Gasteiger partial charge in [0.1, 0.15) is 5.82 Å². The van der Waals surface area contributed by atoms with Crippen molar-refractivity contribution in [3.05, 3.63) is 42.4 Å². The van der Waals surface area contributed by atoms with Crippen molar-refractivity contribution in [2.24, 2.45) is 0 Å². The summed E-state index contributed by atoms with van der Waals surface area (Å²) in [4.78, 5) is 30.7. The molecule has 0 saturated heterocycles. The summed E-state index contributed by atoms with van der Waals surface area (Å²) in [6.45, 7) is 4.32. The highest BCUT2D eigenvalue weighted by molar-refractivity contribution is 6.39. The van der Waals surface area contributed by atoms with Crippen molar-refractivity contribution in [2.75, 3.05) is 5.32 Å². The lowest BCUT2D eigenvalue weighted by Crippen LogP contribution is -2.41. The lowest BCUT2D eigenvalue weighted by atomic mass is 10.2. The molecule has 7 nitrogen and oxygen atoms in total. The highest BCUT2D eigenvalue weighted by Gasteiger charge is 2.35. The van der Waals surface area contributed by atoms with Crippen LogP contribution in [0.1, 0.15) is 38.3 Å². The minimum absolute atomic E-state index is 0.0975. The molecule has 0 atom stereocenters. The SMILES string of the molecule is CC(C)n1nccc1NC(=O)C(=O)N(Cc1cccnc1)C1CC1. The molecule has 0 aliphatic heterocycles. The summed E-state index contributed by atoms with van der Waals surface area (Å²) in [5.74, 6) is -0.619. The normalized spacial score (nSPS) is 13.8. The third kappa shape index (κ3) is 3.61. The molecule has 1 fully saturated rings. The average Bonchev–Trinajstić information content (AvgIpc) is 3.31. The molecule has 0 spiro atoms. The predicted molar refractivity (Wildman–Crippen MR) is 89.1 cm³/mol. The van der Waals surface area contributed by atoms with E-state index in [0.717, 1.165) is 18.4 Å². The zero-order chi connectivity index (χ0) is 17.1. The summed E-state index contributed by atoms with van der Waals surface area (Å²) in [6, 6.07) is 5.65. The Bertz CT molecular complexity index is 722. The summed E-state index contributed by atoms with van der Waals surface area (Å²) >= 11 is 0. The second-order valence-electron chi connectivity index (χ2n) is 6.23. The maximum absolute atomic E-state index is 12.6. The van der Waals surface area contributed by atoms with Crippen LogP contribution < -0.4 is 5.32 Å². The Labute approximate surface area is 140 Å². The van der Waals surface area contributed by atoms with Gasteiger partial charge in [0.15, 0.2) is 0 Å². The number of anilines is 1. The van der Waals surface area contributed by atoms with E-state index >= 15 is 0 Å². The number of rotatable bonds is 5. The number of aromatic nitrogens is 3. The number of carbonyl (C=O) groups is 2. The van der Waals surface area contributed by atoms with Crippen LogP contribution in [0.25, 0.3) is 0 Å². The molecule has 1 aliphatic carbocycles. The highest BCUT2D eigenvalue weighted by Crippen LogP contribution is 2.28. The lowest BCUT2D eigenvalue weighted by molar-refractivity contribution is -0.144. The van der Waals surface area contributed by atoms with E-state index < -0.39 is 11.8 Å². The van der Waals surface area contributed by atoms with Crippen molar-refractivity contribution in [2.45, 2.75) is 45.3 Å². The minimum Gasteiger partial charge on any atom is -0.327 e. The largest absolute Gasteiger partial charge is 0.327 e. The molecule has 1 saturated carbocycles. The average molecular weight is 327 g/mol. The first-order valence-corrected chi connectivity index (χ1v) is 8.10. The van der Waals surface area contributed by atoms with E-state index in [1.54, 1.807) is 34.2 Å². The monoisotopic (exact) mass is 327 g/mol. The van der Waals surface area contributed by atoms with Crippen LogP contribution in [0.15, 0.2) is 36.8 Å². The number of nitrogens with one attached hydrogen (secondary N) is 1. The van der Waals surface area contributed by atoms with Crippen LogP contribution in [-0.4, -0.2) is 37.5 Å². The van der Waals surface area contributed by atoms with Gasteiger partial charge < -0.3 is 10.2 Å². The maximum atomic E-state index is 12.6. The number of hydrogen-bond acceptors (Lipinski definition) is 4. The van der Waals surface area contributed by atoms with Crippen molar-refractivity contribution in [1.29, 1.82) is 0 Å². The summed E-state index contributed by atoms with van der Waals surface area (Å²) < 4.78 is 1.67. The molecule has 2 amide bonds. The zero-order valence-corrected chi connectivity index (χ0v) is 13.8. The van der Waals surface area contributed by atoms with Crippen LogP contribution in [-0.2, 0) is 16.1 Å². The summed E-state index contributed by atoms with van der Waals surface area (Å²) in [6.07, 6.45) is 6.88. The fraction of sp³-hybridized carbons (Fsp3) is 0.412. The Hall–Kier alpha value is -2.70. The molecule has 7 heteroatoms. The van der Waals surface area contributed by atoms with Crippen molar-refractivity contribution >= 4 is 17.6 Å². The number of amides is 2. The summed E-state index contributed by atoms with van der Waals surface area (Å²) in [5, 5.41) is 6.83. The van der Waals surface area contributed by atoms with Gasteiger partial charge in [-0.15, -0.1) is 0 Å². The number of hydrogen-bond donors (Lipinski definition) is 1. The van der Waals surface area contributed by atoms with Gasteiger partial charge in [-0.2, -0.15) is 5.10 Å². The molecule has 0 unspecified atom stereocenters. The molecule has 1 N–H and O–H groups in total. The molecule has 0 bridgehead atoms. The van der Waals surface area contributed by atoms with Crippen molar-refractivity contribution in [1.82, 2.24) is 19.7 Å². The number of carbonyl (C=O) groups excluding carboxylic acids is 2. The van der Waals surface area contributed by atoms with E-state index in [0.29, 0.717) is 12.4 Å². The standard InChI is InChI=1S/C17H21N5O2/c1-12(2)22-15(7-9-19-22)20-16(23)17(24)21(14-5-6-14)11-13-4-3-8-18-10-13/h3-4,7-10,12,14H,5-6,11H2,1-2H3,(H,20,23). The quantitative estimate of drug-likeness (QED) is 0.852. The molecular formula is C17H21N5O2. The molecule has 24 heavy (non-hydrogen) atoms. The smallest absolute Gasteiger partial charge is 0.315 e. The van der Waals surface area contributed by atoms with E-state index in [1.165, 1.54) is 0 Å². The Morgan fingerprint density at radius 2 is 2.12 bits per heavy atom. The maximum Gasteiger partial charge on any atom is 0.315 e. The molecule has 3 rings (SSSR count). The van der Waals surface area contributed by atoms with Gasteiger partial charge in [-0.1, -0.05) is 6.07 Å². The van der Waals surface area contributed by atoms with Gasteiger partial charge in [0.25, 0.3) is 0 Å². The fourth-order valence-electron chi connectivity index (χ4n) is 2.57. The minimum atomic E-state index is -0.631. The van der Waals surface area contributed by atoms with Crippen molar-refractivity contribution in [3.63, 3.8) is 0 Å². The fourth-order valence-corrected chi connectivity index (χ4v) is 2.57. The Kier molecular flexibility index (Phi) is 4.59. The first kappa shape index (κ1) is 16.2. The Morgan fingerprint density at radius 1 is 1.33 bits per heavy atom. The summed E-state index contributed by atoms with van der Waals surface area (Å²) in [5.41, 5.74) is 0.915. The van der Waals surface area contributed by atoms with E-state index in [-0.39, 0.29) is 12.1 Å². The van der Waals surface area contributed by atoms with Crippen LogP contribution in [0.2, 0.25) is 0 Å². The van der Waals surface area contributed by atoms with Gasteiger partial charge in [-0.25, -0.2) is 4.68 Å². The third-order valence-corrected chi connectivity index (χ3v) is 3.92. The molecular weight excluding hydrogens is 306 g/mol. The van der Waals surface area contributed by atoms with E-state index in [4.69, 9.17) is 0 Å². The Balaban J connectivity index is 1.70. The second-order valence-corrected chi connectivity index (χ2v) is 6.23. The van der Waals surface area contributed by atoms with Crippen molar-refractivity contribution in [3.8, 4) is 0 Å². The number of nitrogens with zero attached hydrogens (tertiary/aromatic N) is 4. The van der Waals surface area contributed by atoms with Crippen LogP contribution in [0, 0.1) is 0 Å². The number of pyridine rings is 1. The van der Waals surface area contributed by atoms with Gasteiger partial charge in [0.2, 0.25) is 0 Å². The van der Waals surface area contributed by atoms with Crippen LogP contribution in [0.4, 0.5) is 5.82 Å². The molecule has 0 aromatic carbocycles. The zero-order valence-electron chi connectivity index (χ0n) is 13.8. The molecule has 2 aromatic heterocycles. The predicted octanol–water partition coefficient (Wildman–Crippen LogP) is 1.99. The van der Waals surface area contributed by atoms with Crippen LogP contribution in [0.3, 0.4) is 0 Å². The van der Waals surface area contributed by atoms with Crippen LogP contribution in [0.5, 0.6) is 0 Å². The third-order valence-electron chi connectivity index (χ3n) is 3.92. The van der Waals surface area contributed by atoms with Gasteiger partial charge in [-0.05, 0) is 38.3 Å². The van der Waals surface area contributed by atoms with Gasteiger partial charge in [-0.3, -0.25) is 14.6 Å². The van der Waals surface area contributed by atoms with E-state index in [1.807, 2.05) is 26.0 Å².